The molecule has 19 heavy (non-hydrogen) atoms. The number of aromatic nitrogens is 1. The molecule has 0 unspecified atom stereocenters. The molecule has 3 N–H and O–H groups in total. The lowest BCUT2D eigenvalue weighted by Crippen LogP contribution is -2.45. The molecule has 0 aliphatic heterocycles. The maximum atomic E-state index is 12.0. The minimum atomic E-state index is -0.554. The van der Waals surface area contributed by atoms with E-state index in [9.17, 15) is 4.79 Å². The standard InChI is InChI=1S/C14H19N3OS/c1-8-5-6-9-10(7-8)19-13(16-9)17-12(18)11(15)14(2,3)4/h5-7,11H,15H2,1-4H3,(H,16,17,18)/t11-/m1/s1. The lowest BCUT2D eigenvalue weighted by Gasteiger charge is -2.25. The van der Waals surface area contributed by atoms with Crippen LogP contribution in [0.1, 0.15) is 26.3 Å². The summed E-state index contributed by atoms with van der Waals surface area (Å²) in [6, 6.07) is 5.47. The minimum absolute atomic E-state index is 0.191. The van der Waals surface area contributed by atoms with Gasteiger partial charge in [0.2, 0.25) is 5.91 Å². The third kappa shape index (κ3) is 3.11. The van der Waals surface area contributed by atoms with Crippen LogP contribution in [-0.2, 0) is 4.79 Å². The summed E-state index contributed by atoms with van der Waals surface area (Å²) in [5, 5.41) is 3.40. The molecule has 2 rings (SSSR count). The zero-order valence-electron chi connectivity index (χ0n) is 11.7. The van der Waals surface area contributed by atoms with Crippen LogP contribution >= 0.6 is 11.3 Å². The van der Waals surface area contributed by atoms with Crippen LogP contribution in [0.5, 0.6) is 0 Å². The van der Waals surface area contributed by atoms with Crippen LogP contribution in [0.15, 0.2) is 18.2 Å². The zero-order valence-corrected chi connectivity index (χ0v) is 12.5. The number of anilines is 1. The highest BCUT2D eigenvalue weighted by atomic mass is 32.1. The molecule has 0 saturated carbocycles. The number of rotatable bonds is 2. The van der Waals surface area contributed by atoms with Gasteiger partial charge in [-0.25, -0.2) is 4.98 Å². The Morgan fingerprint density at radius 2 is 2.11 bits per heavy atom. The van der Waals surface area contributed by atoms with Gasteiger partial charge in [0.05, 0.1) is 16.3 Å². The third-order valence-electron chi connectivity index (χ3n) is 2.99. The van der Waals surface area contributed by atoms with Crippen molar-refractivity contribution in [2.24, 2.45) is 11.1 Å². The van der Waals surface area contributed by atoms with Crippen molar-refractivity contribution in [2.75, 3.05) is 5.32 Å². The van der Waals surface area contributed by atoms with E-state index in [0.29, 0.717) is 5.13 Å². The highest BCUT2D eigenvalue weighted by Crippen LogP contribution is 2.27. The summed E-state index contributed by atoms with van der Waals surface area (Å²) in [6.45, 7) is 7.86. The normalized spacial score (nSPS) is 13.5. The second-order valence-corrected chi connectivity index (χ2v) is 6.85. The van der Waals surface area contributed by atoms with Crippen LogP contribution in [0.25, 0.3) is 10.2 Å². The van der Waals surface area contributed by atoms with Gasteiger partial charge in [-0.3, -0.25) is 4.79 Å². The Morgan fingerprint density at radius 3 is 2.74 bits per heavy atom. The zero-order chi connectivity index (χ0) is 14.2. The van der Waals surface area contributed by atoms with Crippen molar-refractivity contribution in [1.82, 2.24) is 4.98 Å². The van der Waals surface area contributed by atoms with Gasteiger partial charge >= 0.3 is 0 Å². The summed E-state index contributed by atoms with van der Waals surface area (Å²) in [5.74, 6) is -0.191. The van der Waals surface area contributed by atoms with E-state index in [4.69, 9.17) is 5.73 Å². The van der Waals surface area contributed by atoms with Gasteiger partial charge in [0, 0.05) is 0 Å². The van der Waals surface area contributed by atoms with Gasteiger partial charge in [0.25, 0.3) is 0 Å². The number of amides is 1. The van der Waals surface area contributed by atoms with Gasteiger partial charge in [-0.05, 0) is 30.0 Å². The summed E-state index contributed by atoms with van der Waals surface area (Å²) < 4.78 is 1.07. The number of hydrogen-bond donors (Lipinski definition) is 2. The van der Waals surface area contributed by atoms with Crippen LogP contribution in [0, 0.1) is 12.3 Å². The van der Waals surface area contributed by atoms with E-state index in [1.54, 1.807) is 0 Å². The van der Waals surface area contributed by atoms with Crippen molar-refractivity contribution in [2.45, 2.75) is 33.7 Å². The maximum absolute atomic E-state index is 12.0. The first-order chi connectivity index (χ1) is 8.77. The molecule has 0 fully saturated rings. The smallest absolute Gasteiger partial charge is 0.243 e. The molecular formula is C14H19N3OS. The predicted octanol–water partition coefficient (Wildman–Crippen LogP) is 2.92. The molecule has 1 aromatic heterocycles. The van der Waals surface area contributed by atoms with E-state index in [1.165, 1.54) is 16.9 Å². The van der Waals surface area contributed by atoms with Gasteiger partial charge < -0.3 is 11.1 Å². The number of benzene rings is 1. The van der Waals surface area contributed by atoms with E-state index in [2.05, 4.69) is 16.4 Å². The predicted molar refractivity (Wildman–Crippen MR) is 80.4 cm³/mol. The van der Waals surface area contributed by atoms with Crippen molar-refractivity contribution < 1.29 is 4.79 Å². The summed E-state index contributed by atoms with van der Waals surface area (Å²) in [6.07, 6.45) is 0. The first-order valence-corrected chi connectivity index (χ1v) is 7.02. The van der Waals surface area contributed by atoms with Crippen LogP contribution in [0.4, 0.5) is 5.13 Å². The lowest BCUT2D eigenvalue weighted by atomic mass is 9.87. The average molecular weight is 277 g/mol. The Morgan fingerprint density at radius 1 is 1.42 bits per heavy atom. The van der Waals surface area contributed by atoms with Crippen molar-refractivity contribution in [3.05, 3.63) is 23.8 Å². The minimum Gasteiger partial charge on any atom is -0.319 e. The molecule has 0 saturated heterocycles. The largest absolute Gasteiger partial charge is 0.319 e. The fourth-order valence-corrected chi connectivity index (χ4v) is 2.63. The Balaban J connectivity index is 2.20. The lowest BCUT2D eigenvalue weighted by molar-refractivity contribution is -0.119. The Bertz CT molecular complexity index is 613. The summed E-state index contributed by atoms with van der Waals surface area (Å²) >= 11 is 1.47. The number of nitrogens with zero attached hydrogens (tertiary/aromatic N) is 1. The molecule has 2 aromatic rings. The number of nitrogens with two attached hydrogens (primary N) is 1. The fraction of sp³-hybridized carbons (Fsp3) is 0.429. The van der Waals surface area contributed by atoms with Crippen molar-refractivity contribution in [3.8, 4) is 0 Å². The van der Waals surface area contributed by atoms with E-state index >= 15 is 0 Å². The van der Waals surface area contributed by atoms with E-state index < -0.39 is 6.04 Å². The first kappa shape index (κ1) is 14.0. The SMILES string of the molecule is Cc1ccc2nc(NC(=O)[C@@H](N)C(C)(C)C)sc2c1. The van der Waals surface area contributed by atoms with Gasteiger partial charge in [-0.1, -0.05) is 38.2 Å². The van der Waals surface area contributed by atoms with Crippen molar-refractivity contribution >= 4 is 32.6 Å². The molecule has 0 aliphatic carbocycles. The van der Waals surface area contributed by atoms with Gasteiger partial charge in [-0.15, -0.1) is 0 Å². The molecule has 1 heterocycles. The Kier molecular flexibility index (Phi) is 3.60. The number of hydrogen-bond acceptors (Lipinski definition) is 4. The average Bonchev–Trinajstić information content (AvgIpc) is 2.67. The quantitative estimate of drug-likeness (QED) is 0.887. The van der Waals surface area contributed by atoms with E-state index in [1.807, 2.05) is 39.8 Å². The van der Waals surface area contributed by atoms with Crippen LogP contribution in [0.3, 0.4) is 0 Å². The second kappa shape index (κ2) is 4.90. The number of carbonyl (C=O) groups excluding carboxylic acids is 1. The summed E-state index contributed by atoms with van der Waals surface area (Å²) in [7, 11) is 0. The monoisotopic (exact) mass is 277 g/mol. The third-order valence-corrected chi connectivity index (χ3v) is 3.92. The van der Waals surface area contributed by atoms with Crippen molar-refractivity contribution in [3.63, 3.8) is 0 Å². The molecule has 0 radical (unpaired) electrons. The van der Waals surface area contributed by atoms with E-state index in [0.717, 1.165) is 10.2 Å². The highest BCUT2D eigenvalue weighted by molar-refractivity contribution is 7.22. The second-order valence-electron chi connectivity index (χ2n) is 5.82. The molecule has 4 nitrogen and oxygen atoms in total. The van der Waals surface area contributed by atoms with Gasteiger partial charge in [-0.2, -0.15) is 0 Å². The topological polar surface area (TPSA) is 68.0 Å². The van der Waals surface area contributed by atoms with Crippen molar-refractivity contribution in [1.29, 1.82) is 0 Å². The molecule has 1 atom stereocenters. The highest BCUT2D eigenvalue weighted by Gasteiger charge is 2.27. The van der Waals surface area contributed by atoms with E-state index in [-0.39, 0.29) is 11.3 Å². The van der Waals surface area contributed by atoms with Gasteiger partial charge in [0.1, 0.15) is 0 Å². The number of thiazole rings is 1. The number of nitrogens with one attached hydrogen (secondary N) is 1. The number of aryl methyl sites for hydroxylation is 1. The molecule has 102 valence electrons. The molecule has 1 amide bonds. The number of carbonyl (C=O) groups is 1. The molecule has 0 bridgehead atoms. The molecule has 0 aliphatic rings. The molecule has 0 spiro atoms. The maximum Gasteiger partial charge on any atom is 0.243 e. The molecule has 1 aromatic carbocycles. The molecule has 5 heteroatoms. The summed E-state index contributed by atoms with van der Waals surface area (Å²) in [5.41, 5.74) is 7.74. The van der Waals surface area contributed by atoms with Gasteiger partial charge in [0.15, 0.2) is 5.13 Å². The Labute approximate surface area is 117 Å². The van der Waals surface area contributed by atoms with Crippen LogP contribution in [-0.4, -0.2) is 16.9 Å². The van der Waals surface area contributed by atoms with Crippen LogP contribution in [0.2, 0.25) is 0 Å². The Hall–Kier alpha value is -1.46. The summed E-state index contributed by atoms with van der Waals surface area (Å²) in [4.78, 5) is 16.4. The first-order valence-electron chi connectivity index (χ1n) is 6.21. The van der Waals surface area contributed by atoms with Crippen LogP contribution < -0.4 is 11.1 Å². The molecular weight excluding hydrogens is 258 g/mol. The number of fused-ring (bicyclic) bond motifs is 1. The fourth-order valence-electron chi connectivity index (χ4n) is 1.66.